The van der Waals surface area contributed by atoms with Gasteiger partial charge in [0.05, 0.1) is 13.2 Å². The number of hydrogen-bond acceptors (Lipinski definition) is 4. The molecule has 4 rings (SSSR count). The molecule has 4 heteroatoms. The first kappa shape index (κ1) is 17.3. The molecule has 0 unspecified atom stereocenters. The van der Waals surface area contributed by atoms with Crippen LogP contribution in [0.1, 0.15) is 18.4 Å². The predicted octanol–water partition coefficient (Wildman–Crippen LogP) is 5.48. The number of rotatable bonds is 7. The highest BCUT2D eigenvalue weighted by atomic mass is 32.1. The fourth-order valence-corrected chi connectivity index (χ4v) is 3.82. The summed E-state index contributed by atoms with van der Waals surface area (Å²) in [6, 6.07) is 19.0. The lowest BCUT2D eigenvalue weighted by Gasteiger charge is -2.11. The van der Waals surface area contributed by atoms with Crippen molar-refractivity contribution in [2.45, 2.75) is 25.5 Å². The summed E-state index contributed by atoms with van der Waals surface area (Å²) in [5.74, 6) is 1.69. The van der Waals surface area contributed by atoms with Gasteiger partial charge in [0.15, 0.2) is 0 Å². The molecule has 1 aliphatic rings. The monoisotopic (exact) mass is 365 g/mol. The standard InChI is InChI=1S/C22H23NO2S/c1-2-20(23-12-1)15-24-14-17-3-7-21(8-4-17)25-22-9-5-18(6-10-22)19-11-13-26-16-19/h3-11,13,16,20,23H,1-2,12,14-15H2/t20-/m1/s1. The van der Waals surface area contributed by atoms with Crippen molar-refractivity contribution in [2.75, 3.05) is 13.2 Å². The van der Waals surface area contributed by atoms with E-state index in [0.29, 0.717) is 12.6 Å². The Morgan fingerprint density at radius 2 is 1.69 bits per heavy atom. The van der Waals surface area contributed by atoms with Crippen molar-refractivity contribution in [1.29, 1.82) is 0 Å². The highest BCUT2D eigenvalue weighted by Gasteiger charge is 2.13. The maximum Gasteiger partial charge on any atom is 0.127 e. The van der Waals surface area contributed by atoms with Gasteiger partial charge in [0.2, 0.25) is 0 Å². The normalized spacial score (nSPS) is 16.7. The molecule has 134 valence electrons. The van der Waals surface area contributed by atoms with Crippen LogP contribution in [-0.4, -0.2) is 19.2 Å². The smallest absolute Gasteiger partial charge is 0.127 e. The highest BCUT2D eigenvalue weighted by Crippen LogP contribution is 2.27. The minimum absolute atomic E-state index is 0.523. The fraction of sp³-hybridized carbons (Fsp3) is 0.273. The summed E-state index contributed by atoms with van der Waals surface area (Å²) in [5, 5.41) is 7.69. The van der Waals surface area contributed by atoms with Crippen molar-refractivity contribution in [3.8, 4) is 22.6 Å². The Hall–Kier alpha value is -2.14. The van der Waals surface area contributed by atoms with Crippen LogP contribution in [0.5, 0.6) is 11.5 Å². The lowest BCUT2D eigenvalue weighted by Crippen LogP contribution is -2.26. The van der Waals surface area contributed by atoms with Crippen molar-refractivity contribution in [3.63, 3.8) is 0 Å². The molecule has 1 N–H and O–H groups in total. The summed E-state index contributed by atoms with van der Waals surface area (Å²) in [5.41, 5.74) is 3.63. The van der Waals surface area contributed by atoms with Crippen LogP contribution < -0.4 is 10.1 Å². The summed E-state index contributed by atoms with van der Waals surface area (Å²) in [6.45, 7) is 2.55. The van der Waals surface area contributed by atoms with E-state index >= 15 is 0 Å². The molecule has 0 bridgehead atoms. The van der Waals surface area contributed by atoms with E-state index in [9.17, 15) is 0 Å². The molecule has 0 radical (unpaired) electrons. The van der Waals surface area contributed by atoms with Gasteiger partial charge in [-0.05, 0) is 77.2 Å². The molecule has 1 atom stereocenters. The Kier molecular flexibility index (Phi) is 5.65. The van der Waals surface area contributed by atoms with Crippen LogP contribution in [0, 0.1) is 0 Å². The maximum atomic E-state index is 5.94. The van der Waals surface area contributed by atoms with Gasteiger partial charge in [0, 0.05) is 6.04 Å². The second-order valence-corrected chi connectivity index (χ2v) is 7.37. The minimum Gasteiger partial charge on any atom is -0.457 e. The molecule has 3 aromatic rings. The second kappa shape index (κ2) is 8.49. The van der Waals surface area contributed by atoms with Gasteiger partial charge in [-0.3, -0.25) is 0 Å². The first-order chi connectivity index (χ1) is 12.9. The lowest BCUT2D eigenvalue weighted by molar-refractivity contribution is 0.103. The van der Waals surface area contributed by atoms with E-state index in [1.165, 1.54) is 29.5 Å². The van der Waals surface area contributed by atoms with Crippen LogP contribution in [-0.2, 0) is 11.3 Å². The molecule has 26 heavy (non-hydrogen) atoms. The number of nitrogens with one attached hydrogen (secondary N) is 1. The Morgan fingerprint density at radius 1 is 0.923 bits per heavy atom. The van der Waals surface area contributed by atoms with E-state index < -0.39 is 0 Å². The molecule has 2 heterocycles. The van der Waals surface area contributed by atoms with E-state index in [1.54, 1.807) is 11.3 Å². The van der Waals surface area contributed by atoms with Crippen LogP contribution in [0.3, 0.4) is 0 Å². The molecule has 0 saturated carbocycles. The molecule has 1 aromatic heterocycles. The zero-order valence-electron chi connectivity index (χ0n) is 14.7. The van der Waals surface area contributed by atoms with Crippen molar-refractivity contribution in [3.05, 3.63) is 70.9 Å². The van der Waals surface area contributed by atoms with E-state index in [4.69, 9.17) is 9.47 Å². The maximum absolute atomic E-state index is 5.94. The first-order valence-corrected chi connectivity index (χ1v) is 10.0. The average molecular weight is 365 g/mol. The zero-order chi connectivity index (χ0) is 17.6. The minimum atomic E-state index is 0.523. The average Bonchev–Trinajstić information content (AvgIpc) is 3.38. The van der Waals surface area contributed by atoms with Gasteiger partial charge in [-0.15, -0.1) is 0 Å². The highest BCUT2D eigenvalue weighted by molar-refractivity contribution is 7.08. The predicted molar refractivity (Wildman–Crippen MR) is 107 cm³/mol. The van der Waals surface area contributed by atoms with Crippen LogP contribution in [0.4, 0.5) is 0 Å². The van der Waals surface area contributed by atoms with Crippen molar-refractivity contribution in [2.24, 2.45) is 0 Å². The molecular formula is C22H23NO2S. The molecule has 0 aliphatic carbocycles. The number of ether oxygens (including phenoxy) is 2. The number of benzene rings is 2. The fourth-order valence-electron chi connectivity index (χ4n) is 3.15. The van der Waals surface area contributed by atoms with Gasteiger partial charge in [-0.25, -0.2) is 0 Å². The first-order valence-electron chi connectivity index (χ1n) is 9.07. The van der Waals surface area contributed by atoms with Gasteiger partial charge in [0.1, 0.15) is 11.5 Å². The van der Waals surface area contributed by atoms with Crippen LogP contribution in [0.2, 0.25) is 0 Å². The van der Waals surface area contributed by atoms with Gasteiger partial charge in [-0.1, -0.05) is 24.3 Å². The van der Waals surface area contributed by atoms with Gasteiger partial charge in [0.25, 0.3) is 0 Å². The van der Waals surface area contributed by atoms with Gasteiger partial charge in [-0.2, -0.15) is 11.3 Å². The van der Waals surface area contributed by atoms with E-state index in [1.807, 2.05) is 24.3 Å². The molecule has 1 fully saturated rings. The Morgan fingerprint density at radius 3 is 2.35 bits per heavy atom. The summed E-state index contributed by atoms with van der Waals surface area (Å²) < 4.78 is 11.8. The molecular weight excluding hydrogens is 342 g/mol. The summed E-state index contributed by atoms with van der Waals surface area (Å²) in [6.07, 6.45) is 2.48. The van der Waals surface area contributed by atoms with Crippen molar-refractivity contribution < 1.29 is 9.47 Å². The van der Waals surface area contributed by atoms with E-state index in [2.05, 4.69) is 46.4 Å². The third kappa shape index (κ3) is 4.52. The molecule has 2 aromatic carbocycles. The van der Waals surface area contributed by atoms with Gasteiger partial charge < -0.3 is 14.8 Å². The molecule has 1 aliphatic heterocycles. The lowest BCUT2D eigenvalue weighted by atomic mass is 10.1. The molecule has 1 saturated heterocycles. The number of hydrogen-bond donors (Lipinski definition) is 1. The molecule has 0 spiro atoms. The van der Waals surface area contributed by atoms with Crippen molar-refractivity contribution in [1.82, 2.24) is 5.32 Å². The van der Waals surface area contributed by atoms with E-state index in [0.717, 1.165) is 24.7 Å². The Bertz CT molecular complexity index is 791. The SMILES string of the molecule is c1cc(-c2ccc(Oc3ccc(COC[C@H]4CCCN4)cc3)cc2)cs1. The summed E-state index contributed by atoms with van der Waals surface area (Å²) in [7, 11) is 0. The molecule has 0 amide bonds. The second-order valence-electron chi connectivity index (χ2n) is 6.59. The van der Waals surface area contributed by atoms with Crippen LogP contribution in [0.15, 0.2) is 65.4 Å². The van der Waals surface area contributed by atoms with E-state index in [-0.39, 0.29) is 0 Å². The third-order valence-corrected chi connectivity index (χ3v) is 5.30. The number of thiophene rings is 1. The summed E-state index contributed by atoms with van der Waals surface area (Å²) >= 11 is 1.71. The topological polar surface area (TPSA) is 30.5 Å². The largest absolute Gasteiger partial charge is 0.457 e. The van der Waals surface area contributed by atoms with Crippen molar-refractivity contribution >= 4 is 11.3 Å². The summed E-state index contributed by atoms with van der Waals surface area (Å²) in [4.78, 5) is 0. The Balaban J connectivity index is 1.29. The third-order valence-electron chi connectivity index (χ3n) is 4.62. The van der Waals surface area contributed by atoms with Crippen LogP contribution >= 0.6 is 11.3 Å². The molecule has 3 nitrogen and oxygen atoms in total. The zero-order valence-corrected chi connectivity index (χ0v) is 15.5. The van der Waals surface area contributed by atoms with Crippen LogP contribution in [0.25, 0.3) is 11.1 Å². The van der Waals surface area contributed by atoms with Gasteiger partial charge >= 0.3 is 0 Å². The Labute approximate surface area is 158 Å². The quantitative estimate of drug-likeness (QED) is 0.602.